The van der Waals surface area contributed by atoms with Crippen LogP contribution >= 0.6 is 0 Å². The third kappa shape index (κ3) is 2.83. The highest BCUT2D eigenvalue weighted by molar-refractivity contribution is 5.15. The van der Waals surface area contributed by atoms with Crippen LogP contribution in [0.5, 0.6) is 0 Å². The molecule has 1 unspecified atom stereocenters. The summed E-state index contributed by atoms with van der Waals surface area (Å²) in [6.07, 6.45) is -9.94. The Morgan fingerprint density at radius 2 is 1.96 bits per heavy atom. The molecule has 13 heteroatoms. The van der Waals surface area contributed by atoms with E-state index in [9.17, 15) is 35.1 Å². The van der Waals surface area contributed by atoms with Gasteiger partial charge in [-0.15, -0.1) is 0 Å². The fraction of sp³-hybridized carbons (Fsp3) is 0.733. The van der Waals surface area contributed by atoms with Crippen LogP contribution in [0.15, 0.2) is 21.9 Å². The zero-order chi connectivity index (χ0) is 20.9. The summed E-state index contributed by atoms with van der Waals surface area (Å²) >= 11 is 0. The summed E-state index contributed by atoms with van der Waals surface area (Å²) in [6.45, 7) is -1.19. The summed E-state index contributed by atoms with van der Waals surface area (Å²) in [5, 5.41) is 51.4. The predicted molar refractivity (Wildman–Crippen MR) is 85.9 cm³/mol. The van der Waals surface area contributed by atoms with Gasteiger partial charge in [0, 0.05) is 19.4 Å². The van der Waals surface area contributed by atoms with E-state index in [0.717, 1.165) is 6.07 Å². The van der Waals surface area contributed by atoms with E-state index >= 15 is 4.39 Å². The van der Waals surface area contributed by atoms with Gasteiger partial charge in [0.2, 0.25) is 5.60 Å². The number of aliphatic hydroxyl groups excluding tert-OH is 4. The number of H-pyrrole nitrogens is 1. The van der Waals surface area contributed by atoms with Gasteiger partial charge in [0.25, 0.3) is 5.56 Å². The Kier molecular flexibility index (Phi) is 5.46. The molecule has 0 aliphatic carbocycles. The van der Waals surface area contributed by atoms with E-state index in [4.69, 9.17) is 14.2 Å². The average Bonchev–Trinajstić information content (AvgIpc) is 3.03. The summed E-state index contributed by atoms with van der Waals surface area (Å²) in [4.78, 5) is 25.2. The number of aliphatic hydroxyl groups is 5. The molecule has 1 aromatic rings. The number of hydrogen-bond acceptors (Lipinski definition) is 10. The van der Waals surface area contributed by atoms with Gasteiger partial charge in [-0.3, -0.25) is 9.78 Å². The first-order chi connectivity index (χ1) is 13.1. The Morgan fingerprint density at radius 1 is 1.29 bits per heavy atom. The second-order valence-corrected chi connectivity index (χ2v) is 6.68. The standard InChI is InChI=1S/C15H21FN2O10/c1-26-5-7-9(21)10(22)12(27-7)14(25)11(23)6(4-19)28-15(14,16)18-3-2-8(20)17-13(18)24/h2-3,6-7,9-12,19,21-23,25H,4-5H2,1H3,(H,17,20,24)/t6-,7-,9-,10+,11-,12?,14+,15+/m1/s1. The Morgan fingerprint density at radius 3 is 2.54 bits per heavy atom. The molecule has 28 heavy (non-hydrogen) atoms. The molecule has 0 aromatic carbocycles. The highest BCUT2D eigenvalue weighted by Crippen LogP contribution is 2.49. The Bertz CT molecular complexity index is 832. The van der Waals surface area contributed by atoms with E-state index in [-0.39, 0.29) is 11.2 Å². The van der Waals surface area contributed by atoms with Gasteiger partial charge in [-0.1, -0.05) is 0 Å². The van der Waals surface area contributed by atoms with E-state index in [1.165, 1.54) is 7.11 Å². The van der Waals surface area contributed by atoms with Crippen molar-refractivity contribution in [2.24, 2.45) is 0 Å². The van der Waals surface area contributed by atoms with Crippen LogP contribution in [0, 0.1) is 0 Å². The zero-order valence-electron chi connectivity index (χ0n) is 14.6. The molecule has 2 fully saturated rings. The molecule has 3 heterocycles. The number of ether oxygens (including phenoxy) is 3. The van der Waals surface area contributed by atoms with Crippen molar-refractivity contribution in [1.29, 1.82) is 0 Å². The molecule has 8 atom stereocenters. The van der Waals surface area contributed by atoms with E-state index < -0.39 is 66.1 Å². The maximum Gasteiger partial charge on any atom is 0.332 e. The molecule has 3 rings (SSSR count). The van der Waals surface area contributed by atoms with E-state index in [2.05, 4.69) is 0 Å². The molecule has 2 aliphatic heterocycles. The smallest absolute Gasteiger partial charge is 0.332 e. The van der Waals surface area contributed by atoms with Crippen LogP contribution in [0.3, 0.4) is 0 Å². The fourth-order valence-electron chi connectivity index (χ4n) is 3.61. The number of nitrogens with one attached hydrogen (secondary N) is 1. The molecule has 2 aliphatic rings. The monoisotopic (exact) mass is 408 g/mol. The van der Waals surface area contributed by atoms with Crippen LogP contribution in [-0.4, -0.2) is 97.6 Å². The molecule has 12 nitrogen and oxygen atoms in total. The minimum absolute atomic E-state index is 0.152. The summed E-state index contributed by atoms with van der Waals surface area (Å²) < 4.78 is 31.3. The topological polar surface area (TPSA) is 184 Å². The molecule has 6 N–H and O–H groups in total. The lowest BCUT2D eigenvalue weighted by atomic mass is 9.83. The Hall–Kier alpha value is -1.71. The number of rotatable bonds is 5. The third-order valence-corrected chi connectivity index (χ3v) is 5.05. The van der Waals surface area contributed by atoms with E-state index in [1.807, 2.05) is 0 Å². The van der Waals surface area contributed by atoms with Crippen LogP contribution < -0.4 is 11.2 Å². The third-order valence-electron chi connectivity index (χ3n) is 5.05. The van der Waals surface area contributed by atoms with Crippen molar-refractivity contribution in [2.75, 3.05) is 20.3 Å². The Balaban J connectivity index is 2.14. The molecule has 158 valence electrons. The van der Waals surface area contributed by atoms with Crippen LogP contribution in [-0.2, 0) is 20.2 Å². The molecular weight excluding hydrogens is 387 g/mol. The van der Waals surface area contributed by atoms with Gasteiger partial charge in [-0.05, 0) is 0 Å². The zero-order valence-corrected chi connectivity index (χ0v) is 14.6. The van der Waals surface area contributed by atoms with Gasteiger partial charge < -0.3 is 39.7 Å². The molecule has 0 saturated carbocycles. The van der Waals surface area contributed by atoms with Crippen molar-refractivity contribution >= 4 is 0 Å². The normalized spacial score (nSPS) is 43.5. The Labute approximate surface area is 156 Å². The first-order valence-corrected chi connectivity index (χ1v) is 8.32. The highest BCUT2D eigenvalue weighted by atomic mass is 19.2. The number of aromatic nitrogens is 2. The maximum atomic E-state index is 16.0. The number of aromatic amines is 1. The predicted octanol–water partition coefficient (Wildman–Crippen LogP) is -4.26. The minimum Gasteiger partial charge on any atom is -0.394 e. The first-order valence-electron chi connectivity index (χ1n) is 8.32. The summed E-state index contributed by atoms with van der Waals surface area (Å²) in [6, 6.07) is 0.764. The van der Waals surface area contributed by atoms with E-state index in [1.54, 1.807) is 4.98 Å². The molecule has 2 saturated heterocycles. The number of nitrogens with zero attached hydrogens (tertiary/aromatic N) is 1. The van der Waals surface area contributed by atoms with Gasteiger partial charge in [0.15, 0.2) is 0 Å². The summed E-state index contributed by atoms with van der Waals surface area (Å²) in [5.41, 5.74) is -5.36. The first kappa shape index (κ1) is 21.0. The molecule has 0 amide bonds. The van der Waals surface area contributed by atoms with Gasteiger partial charge in [0.1, 0.15) is 36.6 Å². The maximum absolute atomic E-state index is 16.0. The largest absolute Gasteiger partial charge is 0.394 e. The number of halogens is 1. The van der Waals surface area contributed by atoms with Crippen molar-refractivity contribution in [3.63, 3.8) is 0 Å². The van der Waals surface area contributed by atoms with Crippen LogP contribution in [0.4, 0.5) is 4.39 Å². The van der Waals surface area contributed by atoms with Crippen LogP contribution in [0.2, 0.25) is 0 Å². The van der Waals surface area contributed by atoms with Crippen molar-refractivity contribution < 1.29 is 44.1 Å². The molecular formula is C15H21FN2O10. The number of alkyl halides is 1. The van der Waals surface area contributed by atoms with Gasteiger partial charge >= 0.3 is 11.7 Å². The molecule has 0 radical (unpaired) electrons. The van der Waals surface area contributed by atoms with Crippen molar-refractivity contribution in [2.45, 2.75) is 48.2 Å². The van der Waals surface area contributed by atoms with Crippen molar-refractivity contribution in [3.8, 4) is 0 Å². The van der Waals surface area contributed by atoms with Gasteiger partial charge in [0.05, 0.1) is 13.2 Å². The van der Waals surface area contributed by atoms with E-state index in [0.29, 0.717) is 6.20 Å². The van der Waals surface area contributed by atoms with Crippen LogP contribution in [0.1, 0.15) is 0 Å². The van der Waals surface area contributed by atoms with Crippen molar-refractivity contribution in [3.05, 3.63) is 33.1 Å². The number of hydrogen-bond donors (Lipinski definition) is 6. The second-order valence-electron chi connectivity index (χ2n) is 6.68. The lowest BCUT2D eigenvalue weighted by molar-refractivity contribution is -0.313. The quantitative estimate of drug-likeness (QED) is 0.279. The van der Waals surface area contributed by atoms with Gasteiger partial charge in [-0.25, -0.2) is 9.36 Å². The average molecular weight is 408 g/mol. The molecule has 0 bridgehead atoms. The lowest BCUT2D eigenvalue weighted by Gasteiger charge is -2.40. The summed E-state index contributed by atoms with van der Waals surface area (Å²) in [7, 11) is 1.28. The fourth-order valence-corrected chi connectivity index (χ4v) is 3.61. The molecule has 1 aromatic heterocycles. The van der Waals surface area contributed by atoms with Gasteiger partial charge in [-0.2, -0.15) is 4.39 Å². The molecule has 0 spiro atoms. The minimum atomic E-state index is -3.57. The van der Waals surface area contributed by atoms with Crippen molar-refractivity contribution in [1.82, 2.24) is 9.55 Å². The second kappa shape index (κ2) is 7.27. The summed E-state index contributed by atoms with van der Waals surface area (Å²) in [5.74, 6) is -3.57. The van der Waals surface area contributed by atoms with Crippen LogP contribution in [0.25, 0.3) is 0 Å². The highest BCUT2D eigenvalue weighted by Gasteiger charge is 2.75. The number of methoxy groups -OCH3 is 1. The lowest BCUT2D eigenvalue weighted by Crippen LogP contribution is -2.67. The SMILES string of the molecule is COC[C@H]1OC([C@@]2(O)[C@H](O)[C@@H](CO)O[C@@]2(F)n2ccc(=O)[nH]c2=O)[C@@H](O)[C@@H]1O.